The Balaban J connectivity index is 1.65. The molecule has 1 aliphatic heterocycles. The Labute approximate surface area is 131 Å². The Morgan fingerprint density at radius 2 is 1.77 bits per heavy atom. The maximum atomic E-state index is 9.26. The predicted octanol–water partition coefficient (Wildman–Crippen LogP) is 2.58. The highest BCUT2D eigenvalue weighted by Crippen LogP contribution is 2.20. The number of rotatable bonds is 3. The monoisotopic (exact) mass is 292 g/mol. The van der Waals surface area contributed by atoms with Crippen LogP contribution in [0.5, 0.6) is 0 Å². The van der Waals surface area contributed by atoms with Crippen molar-refractivity contribution < 1.29 is 0 Å². The second-order valence-corrected chi connectivity index (χ2v) is 5.68. The lowest BCUT2D eigenvalue weighted by molar-refractivity contribution is 0.249. The van der Waals surface area contributed by atoms with Gasteiger partial charge in [0.15, 0.2) is 0 Å². The molecule has 1 aromatic heterocycles. The summed E-state index contributed by atoms with van der Waals surface area (Å²) in [5.41, 5.74) is 2.98. The van der Waals surface area contributed by atoms with E-state index in [9.17, 15) is 5.26 Å². The quantitative estimate of drug-likeness (QED) is 0.872. The molecule has 0 radical (unpaired) electrons. The molecule has 22 heavy (non-hydrogen) atoms. The van der Waals surface area contributed by atoms with Gasteiger partial charge < -0.3 is 4.90 Å². The van der Waals surface area contributed by atoms with Crippen molar-refractivity contribution in [3.05, 3.63) is 59.3 Å². The van der Waals surface area contributed by atoms with Gasteiger partial charge in [0.1, 0.15) is 11.9 Å². The topological polar surface area (TPSA) is 43.2 Å². The van der Waals surface area contributed by atoms with E-state index in [0.29, 0.717) is 5.56 Å². The zero-order valence-electron chi connectivity index (χ0n) is 12.9. The molecule has 4 nitrogen and oxygen atoms in total. The zero-order valence-corrected chi connectivity index (χ0v) is 12.9. The average molecular weight is 292 g/mol. The fraction of sp³-hybridized carbons (Fsp3) is 0.333. The molecule has 4 heteroatoms. The molecular weight excluding hydrogens is 272 g/mol. The fourth-order valence-electron chi connectivity index (χ4n) is 2.83. The van der Waals surface area contributed by atoms with Gasteiger partial charge in [-0.2, -0.15) is 5.26 Å². The van der Waals surface area contributed by atoms with Gasteiger partial charge in [0.25, 0.3) is 0 Å². The van der Waals surface area contributed by atoms with Crippen LogP contribution in [0.1, 0.15) is 16.8 Å². The van der Waals surface area contributed by atoms with Crippen molar-refractivity contribution >= 4 is 5.82 Å². The van der Waals surface area contributed by atoms with Gasteiger partial charge in [0.05, 0.1) is 5.56 Å². The van der Waals surface area contributed by atoms with Crippen LogP contribution in [0.4, 0.5) is 5.82 Å². The van der Waals surface area contributed by atoms with Crippen LogP contribution in [0.15, 0.2) is 42.5 Å². The molecular formula is C18H20N4. The average Bonchev–Trinajstić information content (AvgIpc) is 2.56. The van der Waals surface area contributed by atoms with Crippen molar-refractivity contribution in [2.24, 2.45) is 0 Å². The summed E-state index contributed by atoms with van der Waals surface area (Å²) < 4.78 is 0. The lowest BCUT2D eigenvalue weighted by Gasteiger charge is -2.35. The van der Waals surface area contributed by atoms with Crippen LogP contribution < -0.4 is 4.90 Å². The van der Waals surface area contributed by atoms with Gasteiger partial charge in [-0.1, -0.05) is 30.3 Å². The van der Waals surface area contributed by atoms with E-state index < -0.39 is 0 Å². The van der Waals surface area contributed by atoms with E-state index in [1.54, 1.807) is 0 Å². The van der Waals surface area contributed by atoms with E-state index in [2.05, 4.69) is 45.1 Å². The lowest BCUT2D eigenvalue weighted by atomic mass is 10.2. The van der Waals surface area contributed by atoms with Gasteiger partial charge in [-0.05, 0) is 24.6 Å². The summed E-state index contributed by atoms with van der Waals surface area (Å²) in [6.07, 6.45) is 0. The molecule has 1 saturated heterocycles. The number of nitriles is 1. The summed E-state index contributed by atoms with van der Waals surface area (Å²) in [6, 6.07) is 16.6. The number of piperazine rings is 1. The number of hydrogen-bond donors (Lipinski definition) is 0. The maximum Gasteiger partial charge on any atom is 0.146 e. The van der Waals surface area contributed by atoms with Crippen molar-refractivity contribution in [3.63, 3.8) is 0 Å². The minimum atomic E-state index is 0.669. The zero-order chi connectivity index (χ0) is 15.4. The molecule has 0 bridgehead atoms. The molecule has 1 fully saturated rings. The first-order valence-electron chi connectivity index (χ1n) is 7.65. The van der Waals surface area contributed by atoms with E-state index in [1.807, 2.05) is 25.1 Å². The largest absolute Gasteiger partial charge is 0.353 e. The molecule has 0 N–H and O–H groups in total. The van der Waals surface area contributed by atoms with E-state index >= 15 is 0 Å². The van der Waals surface area contributed by atoms with Crippen molar-refractivity contribution in [2.75, 3.05) is 31.1 Å². The highest BCUT2D eigenvalue weighted by molar-refractivity contribution is 5.54. The Morgan fingerprint density at radius 1 is 1.05 bits per heavy atom. The minimum absolute atomic E-state index is 0.669. The van der Waals surface area contributed by atoms with Crippen LogP contribution in [-0.4, -0.2) is 36.1 Å². The Kier molecular flexibility index (Phi) is 4.36. The summed E-state index contributed by atoms with van der Waals surface area (Å²) in [7, 11) is 0. The third-order valence-electron chi connectivity index (χ3n) is 4.06. The number of pyridine rings is 1. The first kappa shape index (κ1) is 14.6. The van der Waals surface area contributed by atoms with Crippen molar-refractivity contribution in [1.29, 1.82) is 5.26 Å². The number of anilines is 1. The second kappa shape index (κ2) is 6.59. The predicted molar refractivity (Wildman–Crippen MR) is 87.6 cm³/mol. The summed E-state index contributed by atoms with van der Waals surface area (Å²) in [5, 5.41) is 9.26. The number of aromatic nitrogens is 1. The number of aryl methyl sites for hydroxylation is 1. The number of nitrogens with zero attached hydrogens (tertiary/aromatic N) is 4. The maximum absolute atomic E-state index is 9.26. The summed E-state index contributed by atoms with van der Waals surface area (Å²) in [4.78, 5) is 9.24. The van der Waals surface area contributed by atoms with E-state index in [4.69, 9.17) is 0 Å². The van der Waals surface area contributed by atoms with Crippen LogP contribution in [0.2, 0.25) is 0 Å². The van der Waals surface area contributed by atoms with Crippen molar-refractivity contribution in [1.82, 2.24) is 9.88 Å². The van der Waals surface area contributed by atoms with Gasteiger partial charge in [-0.3, -0.25) is 4.90 Å². The van der Waals surface area contributed by atoms with E-state index in [0.717, 1.165) is 44.2 Å². The van der Waals surface area contributed by atoms with Gasteiger partial charge >= 0.3 is 0 Å². The molecule has 2 aromatic rings. The molecule has 0 amide bonds. The van der Waals surface area contributed by atoms with Crippen LogP contribution in [-0.2, 0) is 6.54 Å². The molecule has 1 aromatic carbocycles. The standard InChI is InChI=1S/C18H20N4/c1-15-7-8-17(13-19)18(20-15)22-11-9-21(10-12-22)14-16-5-3-2-4-6-16/h2-8H,9-12,14H2,1H3. The van der Waals surface area contributed by atoms with E-state index in [-0.39, 0.29) is 0 Å². The molecule has 0 atom stereocenters. The first-order valence-corrected chi connectivity index (χ1v) is 7.65. The molecule has 112 valence electrons. The van der Waals surface area contributed by atoms with Gasteiger partial charge in [0.2, 0.25) is 0 Å². The molecule has 1 aliphatic rings. The third kappa shape index (κ3) is 3.26. The smallest absolute Gasteiger partial charge is 0.146 e. The Morgan fingerprint density at radius 3 is 2.45 bits per heavy atom. The summed E-state index contributed by atoms with van der Waals surface area (Å²) in [5.74, 6) is 0.835. The van der Waals surface area contributed by atoms with Gasteiger partial charge in [-0.15, -0.1) is 0 Å². The highest BCUT2D eigenvalue weighted by Gasteiger charge is 2.20. The molecule has 2 heterocycles. The first-order chi connectivity index (χ1) is 10.8. The SMILES string of the molecule is Cc1ccc(C#N)c(N2CCN(Cc3ccccc3)CC2)n1. The lowest BCUT2D eigenvalue weighted by Crippen LogP contribution is -2.46. The Hall–Kier alpha value is -2.38. The van der Waals surface area contributed by atoms with Crippen LogP contribution in [0, 0.1) is 18.3 Å². The molecule has 0 spiro atoms. The summed E-state index contributed by atoms with van der Waals surface area (Å²) in [6.45, 7) is 6.78. The molecule has 0 aliphatic carbocycles. The minimum Gasteiger partial charge on any atom is -0.353 e. The number of hydrogen-bond acceptors (Lipinski definition) is 4. The van der Waals surface area contributed by atoms with Gasteiger partial charge in [-0.25, -0.2) is 4.98 Å². The van der Waals surface area contributed by atoms with E-state index in [1.165, 1.54) is 5.56 Å². The normalized spacial score (nSPS) is 15.5. The highest BCUT2D eigenvalue weighted by atomic mass is 15.3. The van der Waals surface area contributed by atoms with Gasteiger partial charge in [0, 0.05) is 38.4 Å². The van der Waals surface area contributed by atoms with Crippen molar-refractivity contribution in [3.8, 4) is 6.07 Å². The Bertz CT molecular complexity index is 667. The molecule has 3 rings (SSSR count). The van der Waals surface area contributed by atoms with Crippen LogP contribution in [0.25, 0.3) is 0 Å². The van der Waals surface area contributed by atoms with Crippen LogP contribution in [0.3, 0.4) is 0 Å². The second-order valence-electron chi connectivity index (χ2n) is 5.68. The number of benzene rings is 1. The summed E-state index contributed by atoms with van der Waals surface area (Å²) >= 11 is 0. The molecule has 0 unspecified atom stereocenters. The molecule has 0 saturated carbocycles. The third-order valence-corrected chi connectivity index (χ3v) is 4.06. The van der Waals surface area contributed by atoms with Crippen LogP contribution >= 0.6 is 0 Å². The van der Waals surface area contributed by atoms with Crippen molar-refractivity contribution in [2.45, 2.75) is 13.5 Å². The fourth-order valence-corrected chi connectivity index (χ4v) is 2.83.